The molecule has 2 aromatic rings. The van der Waals surface area contributed by atoms with Gasteiger partial charge in [-0.15, -0.1) is 5.10 Å². The summed E-state index contributed by atoms with van der Waals surface area (Å²) < 4.78 is 14.9. The molecule has 0 spiro atoms. The van der Waals surface area contributed by atoms with Crippen LogP contribution in [-0.2, 0) is 0 Å². The molecule has 0 bridgehead atoms. The van der Waals surface area contributed by atoms with Crippen molar-refractivity contribution in [2.24, 2.45) is 0 Å². The van der Waals surface area contributed by atoms with Crippen molar-refractivity contribution in [1.82, 2.24) is 24.9 Å². The second kappa shape index (κ2) is 5.57. The largest absolute Gasteiger partial charge is 0.394 e. The van der Waals surface area contributed by atoms with Crippen molar-refractivity contribution >= 4 is 5.91 Å². The summed E-state index contributed by atoms with van der Waals surface area (Å²) in [5, 5.41) is 16.8. The zero-order chi connectivity index (χ0) is 14.8. The molecule has 110 valence electrons. The minimum absolute atomic E-state index is 0.00237. The quantitative estimate of drug-likeness (QED) is 0.873. The Hall–Kier alpha value is -2.35. The summed E-state index contributed by atoms with van der Waals surface area (Å²) in [6.07, 6.45) is 5.19. The number of hydrogen-bond donors (Lipinski definition) is 1. The topological polar surface area (TPSA) is 84.1 Å². The second-order valence-corrected chi connectivity index (χ2v) is 4.91. The first-order chi connectivity index (χ1) is 10.2. The predicted octanol–water partition coefficient (Wildman–Crippen LogP) is 0.207. The number of amides is 1. The van der Waals surface area contributed by atoms with Crippen LogP contribution in [0.15, 0.2) is 30.9 Å². The summed E-state index contributed by atoms with van der Waals surface area (Å²) in [5.74, 6) is -0.344. The van der Waals surface area contributed by atoms with E-state index in [1.807, 2.05) is 0 Å². The minimum Gasteiger partial charge on any atom is -0.394 e. The number of halogens is 1. The van der Waals surface area contributed by atoms with Crippen LogP contribution >= 0.6 is 0 Å². The Labute approximate surface area is 120 Å². The molecule has 1 aliphatic rings. The summed E-state index contributed by atoms with van der Waals surface area (Å²) in [4.78, 5) is 17.8. The molecule has 0 saturated carbocycles. The molecule has 7 nitrogen and oxygen atoms in total. The van der Waals surface area contributed by atoms with E-state index in [2.05, 4.69) is 15.3 Å². The van der Waals surface area contributed by atoms with Gasteiger partial charge in [-0.3, -0.25) is 9.78 Å². The summed E-state index contributed by atoms with van der Waals surface area (Å²) >= 11 is 0. The summed E-state index contributed by atoms with van der Waals surface area (Å²) in [6, 6.07) is 1.13. The van der Waals surface area contributed by atoms with E-state index >= 15 is 0 Å². The van der Waals surface area contributed by atoms with E-state index in [1.165, 1.54) is 22.0 Å². The highest BCUT2D eigenvalue weighted by Crippen LogP contribution is 2.22. The molecular weight excluding hydrogens is 277 g/mol. The van der Waals surface area contributed by atoms with Gasteiger partial charge in [0.1, 0.15) is 6.17 Å². The average Bonchev–Trinajstić information content (AvgIpc) is 3.15. The Morgan fingerprint density at radius 3 is 3.05 bits per heavy atom. The molecule has 1 N–H and O–H groups in total. The first kappa shape index (κ1) is 13.6. The molecule has 0 radical (unpaired) electrons. The van der Waals surface area contributed by atoms with E-state index in [4.69, 9.17) is 0 Å². The lowest BCUT2D eigenvalue weighted by molar-refractivity contribution is 0.0672. The molecule has 1 amide bonds. The van der Waals surface area contributed by atoms with Gasteiger partial charge in [0, 0.05) is 12.6 Å². The third kappa shape index (κ3) is 2.62. The fourth-order valence-electron chi connectivity index (χ4n) is 2.46. The Bertz CT molecular complexity index is 633. The van der Waals surface area contributed by atoms with Gasteiger partial charge in [-0.1, -0.05) is 5.21 Å². The van der Waals surface area contributed by atoms with Crippen LogP contribution in [0.2, 0.25) is 0 Å². The lowest BCUT2D eigenvalue weighted by Crippen LogP contribution is -2.38. The highest BCUT2D eigenvalue weighted by molar-refractivity contribution is 5.94. The van der Waals surface area contributed by atoms with Gasteiger partial charge >= 0.3 is 0 Å². The molecule has 1 fully saturated rings. The molecule has 21 heavy (non-hydrogen) atoms. The van der Waals surface area contributed by atoms with E-state index < -0.39 is 12.2 Å². The third-order valence-corrected chi connectivity index (χ3v) is 3.49. The minimum atomic E-state index is -1.10. The summed E-state index contributed by atoms with van der Waals surface area (Å²) in [7, 11) is 0. The van der Waals surface area contributed by atoms with Gasteiger partial charge in [0.25, 0.3) is 5.91 Å². The van der Waals surface area contributed by atoms with Gasteiger partial charge in [0.15, 0.2) is 0 Å². The highest BCUT2D eigenvalue weighted by atomic mass is 19.1. The maximum atomic E-state index is 13.4. The van der Waals surface area contributed by atoms with E-state index in [1.54, 1.807) is 18.5 Å². The van der Waals surface area contributed by atoms with Crippen molar-refractivity contribution in [2.45, 2.75) is 18.6 Å². The molecule has 1 aliphatic heterocycles. The van der Waals surface area contributed by atoms with Crippen LogP contribution in [0.5, 0.6) is 0 Å². The van der Waals surface area contributed by atoms with Gasteiger partial charge in [-0.05, 0) is 6.07 Å². The van der Waals surface area contributed by atoms with Crippen molar-refractivity contribution in [2.75, 3.05) is 13.2 Å². The van der Waals surface area contributed by atoms with Gasteiger partial charge in [-0.2, -0.15) is 0 Å². The summed E-state index contributed by atoms with van der Waals surface area (Å²) in [5.41, 5.74) is 0.922. The van der Waals surface area contributed by atoms with E-state index in [-0.39, 0.29) is 25.5 Å². The maximum Gasteiger partial charge on any atom is 0.255 e. The molecule has 2 aromatic heterocycles. The van der Waals surface area contributed by atoms with Crippen LogP contribution in [0.3, 0.4) is 0 Å². The van der Waals surface area contributed by atoms with Crippen LogP contribution in [0, 0.1) is 0 Å². The number of nitrogens with zero attached hydrogens (tertiary/aromatic N) is 5. The molecule has 3 heterocycles. The van der Waals surface area contributed by atoms with Crippen molar-refractivity contribution in [3.8, 4) is 5.69 Å². The molecule has 8 heteroatoms. The number of pyridine rings is 1. The second-order valence-electron chi connectivity index (χ2n) is 4.91. The molecule has 2 atom stereocenters. The van der Waals surface area contributed by atoms with Gasteiger partial charge in [0.05, 0.1) is 49.0 Å². The maximum absolute atomic E-state index is 13.4. The normalized spacial score (nSPS) is 21.7. The monoisotopic (exact) mass is 291 g/mol. The van der Waals surface area contributed by atoms with Gasteiger partial charge < -0.3 is 10.0 Å². The van der Waals surface area contributed by atoms with E-state index in [9.17, 15) is 14.3 Å². The first-order valence-electron chi connectivity index (χ1n) is 6.56. The van der Waals surface area contributed by atoms with Crippen LogP contribution in [-0.4, -0.2) is 61.3 Å². The van der Waals surface area contributed by atoms with Crippen molar-refractivity contribution in [3.63, 3.8) is 0 Å². The predicted molar refractivity (Wildman–Crippen MR) is 70.6 cm³/mol. The lowest BCUT2D eigenvalue weighted by Gasteiger charge is -2.22. The number of carbonyl (C=O) groups is 1. The number of likely N-dealkylation sites (tertiary alicyclic amines) is 1. The van der Waals surface area contributed by atoms with E-state index in [0.717, 1.165) is 0 Å². The average molecular weight is 291 g/mol. The zero-order valence-corrected chi connectivity index (χ0v) is 11.1. The number of aliphatic hydroxyl groups is 1. The molecule has 0 unspecified atom stereocenters. The van der Waals surface area contributed by atoms with Gasteiger partial charge in [-0.25, -0.2) is 9.07 Å². The Balaban J connectivity index is 1.87. The smallest absolute Gasteiger partial charge is 0.255 e. The Morgan fingerprint density at radius 2 is 2.33 bits per heavy atom. The molecule has 3 rings (SSSR count). The SMILES string of the molecule is O=C(c1cncc(-n2ccnn2)c1)N1C[C@@H](F)C[C@H]1CO. The highest BCUT2D eigenvalue weighted by Gasteiger charge is 2.35. The van der Waals surface area contributed by atoms with Crippen molar-refractivity contribution < 1.29 is 14.3 Å². The number of rotatable bonds is 3. The molecular formula is C13H14FN5O2. The molecule has 0 aromatic carbocycles. The van der Waals surface area contributed by atoms with Crippen LogP contribution in [0.1, 0.15) is 16.8 Å². The zero-order valence-electron chi connectivity index (χ0n) is 11.1. The van der Waals surface area contributed by atoms with Crippen molar-refractivity contribution in [3.05, 3.63) is 36.4 Å². The van der Waals surface area contributed by atoms with Gasteiger partial charge in [0.2, 0.25) is 0 Å². The van der Waals surface area contributed by atoms with Crippen molar-refractivity contribution in [1.29, 1.82) is 0 Å². The van der Waals surface area contributed by atoms with Crippen LogP contribution in [0.25, 0.3) is 5.69 Å². The fraction of sp³-hybridized carbons (Fsp3) is 0.385. The Morgan fingerprint density at radius 1 is 1.48 bits per heavy atom. The van der Waals surface area contributed by atoms with Crippen LogP contribution in [0.4, 0.5) is 4.39 Å². The van der Waals surface area contributed by atoms with Crippen LogP contribution < -0.4 is 0 Å². The summed E-state index contributed by atoms with van der Waals surface area (Å²) in [6.45, 7) is -0.250. The number of alkyl halides is 1. The number of aliphatic hydroxyl groups excluding tert-OH is 1. The Kier molecular flexibility index (Phi) is 3.61. The standard InChI is InChI=1S/C13H14FN5O2/c14-10-4-12(8-20)18(7-10)13(21)9-3-11(6-15-5-9)19-2-1-16-17-19/h1-3,5-6,10,12,20H,4,7-8H2/t10-,12-/m0/s1. The number of carbonyl (C=O) groups excluding carboxylic acids is 1. The lowest BCUT2D eigenvalue weighted by atomic mass is 10.2. The number of aromatic nitrogens is 4. The number of hydrogen-bond acceptors (Lipinski definition) is 5. The molecule has 1 saturated heterocycles. The third-order valence-electron chi connectivity index (χ3n) is 3.49. The first-order valence-corrected chi connectivity index (χ1v) is 6.56. The van der Waals surface area contributed by atoms with E-state index in [0.29, 0.717) is 11.3 Å². The molecule has 0 aliphatic carbocycles. The fourth-order valence-corrected chi connectivity index (χ4v) is 2.46.